The van der Waals surface area contributed by atoms with Crippen LogP contribution in [0.5, 0.6) is 40.2 Å². The van der Waals surface area contributed by atoms with Gasteiger partial charge in [-0.2, -0.15) is 0 Å². The van der Waals surface area contributed by atoms with Gasteiger partial charge in [-0.25, -0.2) is 0 Å². The molecule has 0 aliphatic rings. The topological polar surface area (TPSA) is 142 Å². The minimum absolute atomic E-state index is 0.365. The van der Waals surface area contributed by atoms with Crippen LogP contribution in [0.3, 0.4) is 0 Å². The fourth-order valence-corrected chi connectivity index (χ4v) is 2.10. The summed E-state index contributed by atoms with van der Waals surface area (Å²) in [6, 6.07) is 1.99. The largest absolute Gasteiger partial charge is 0.507 e. The molecule has 0 heterocycles. The third kappa shape index (κ3) is 1.81. The third-order valence-electron chi connectivity index (χ3n) is 2.72. The van der Waals surface area contributed by atoms with Gasteiger partial charge in [0.2, 0.25) is 0 Å². The average molecular weight is 345 g/mol. The van der Waals surface area contributed by atoms with Crippen LogP contribution in [0, 0.1) is 0 Å². The average Bonchev–Trinajstić information content (AvgIpc) is 2.42. The van der Waals surface area contributed by atoms with Crippen molar-refractivity contribution in [3.63, 3.8) is 0 Å². The number of hydrogen-bond acceptors (Lipinski definition) is 7. The van der Waals surface area contributed by atoms with Crippen LogP contribution in [-0.4, -0.2) is 35.7 Å². The molecule has 0 spiro atoms. The third-order valence-corrected chi connectivity index (χ3v) is 3.47. The number of aromatic hydroxyl groups is 7. The van der Waals surface area contributed by atoms with Gasteiger partial charge in [-0.05, 0) is 28.1 Å². The van der Waals surface area contributed by atoms with E-state index in [0.717, 1.165) is 12.1 Å². The van der Waals surface area contributed by atoms with E-state index < -0.39 is 51.4 Å². The molecular weight excluding hydrogens is 336 g/mol. The van der Waals surface area contributed by atoms with E-state index >= 15 is 0 Å². The van der Waals surface area contributed by atoms with Crippen LogP contribution < -0.4 is 0 Å². The second kappa shape index (κ2) is 4.57. The maximum absolute atomic E-state index is 9.82. The normalized spacial score (nSPS) is 10.7. The Balaban J connectivity index is 2.95. The van der Waals surface area contributed by atoms with Crippen molar-refractivity contribution in [3.05, 3.63) is 16.6 Å². The van der Waals surface area contributed by atoms with Crippen molar-refractivity contribution in [1.82, 2.24) is 0 Å². The summed E-state index contributed by atoms with van der Waals surface area (Å²) in [5.74, 6) is -5.47. The van der Waals surface area contributed by atoms with Gasteiger partial charge >= 0.3 is 0 Å². The maximum atomic E-state index is 9.82. The predicted octanol–water partition coefficient (Wildman–Crippen LogP) is 2.06. The van der Waals surface area contributed by atoms with Crippen LogP contribution in [-0.2, 0) is 0 Å². The zero-order valence-corrected chi connectivity index (χ0v) is 11.2. The molecule has 0 amide bonds. The predicted molar refractivity (Wildman–Crippen MR) is 71.2 cm³/mol. The molecule has 0 bridgehead atoms. The van der Waals surface area contributed by atoms with Crippen LogP contribution in [0.25, 0.3) is 11.1 Å². The van der Waals surface area contributed by atoms with E-state index in [1.165, 1.54) is 0 Å². The zero-order chi connectivity index (χ0) is 15.2. The molecule has 0 aliphatic heterocycles. The molecule has 8 heteroatoms. The Labute approximate surface area is 120 Å². The van der Waals surface area contributed by atoms with Gasteiger partial charge in [0.05, 0.1) is 11.1 Å². The van der Waals surface area contributed by atoms with Gasteiger partial charge in [-0.3, -0.25) is 0 Å². The molecular formula is C12H9BrO7. The zero-order valence-electron chi connectivity index (χ0n) is 9.66. The second-order valence-electron chi connectivity index (χ2n) is 3.91. The fourth-order valence-electron chi connectivity index (χ4n) is 1.72. The summed E-state index contributed by atoms with van der Waals surface area (Å²) in [5.41, 5.74) is -1.17. The van der Waals surface area contributed by atoms with Gasteiger partial charge in [-0.1, -0.05) is 0 Å². The first-order valence-corrected chi connectivity index (χ1v) is 5.96. The Morgan fingerprint density at radius 2 is 1.00 bits per heavy atom. The Hall–Kier alpha value is -2.48. The van der Waals surface area contributed by atoms with Crippen molar-refractivity contribution in [1.29, 1.82) is 0 Å². The van der Waals surface area contributed by atoms with E-state index in [-0.39, 0.29) is 4.47 Å². The van der Waals surface area contributed by atoms with E-state index in [9.17, 15) is 35.7 Å². The number of rotatable bonds is 1. The summed E-state index contributed by atoms with van der Waals surface area (Å²) >= 11 is 2.74. The number of halogens is 1. The quantitative estimate of drug-likeness (QED) is 0.310. The highest BCUT2D eigenvalue weighted by molar-refractivity contribution is 9.10. The van der Waals surface area contributed by atoms with Crippen LogP contribution in [0.4, 0.5) is 0 Å². The van der Waals surface area contributed by atoms with Gasteiger partial charge in [-0.15, -0.1) is 0 Å². The fraction of sp³-hybridized carbons (Fsp3) is 0. The summed E-state index contributed by atoms with van der Waals surface area (Å²) in [6.45, 7) is 0. The lowest BCUT2D eigenvalue weighted by Crippen LogP contribution is -1.87. The van der Waals surface area contributed by atoms with Crippen LogP contribution in [0.15, 0.2) is 16.6 Å². The first-order chi connectivity index (χ1) is 9.27. The molecule has 2 aromatic rings. The Morgan fingerprint density at radius 1 is 0.550 bits per heavy atom. The van der Waals surface area contributed by atoms with Gasteiger partial charge in [0.1, 0.15) is 10.2 Å². The Kier molecular flexibility index (Phi) is 3.18. The molecule has 0 saturated heterocycles. The minimum atomic E-state index is -0.900. The number of hydrogen-bond donors (Lipinski definition) is 7. The number of phenols is 7. The molecule has 0 atom stereocenters. The molecule has 0 fully saturated rings. The molecule has 20 heavy (non-hydrogen) atoms. The molecule has 0 aliphatic carbocycles. The van der Waals surface area contributed by atoms with E-state index in [1.54, 1.807) is 0 Å². The van der Waals surface area contributed by atoms with E-state index in [1.807, 2.05) is 0 Å². The van der Waals surface area contributed by atoms with Crippen molar-refractivity contribution < 1.29 is 35.7 Å². The molecule has 2 rings (SSSR count). The highest BCUT2D eigenvalue weighted by Gasteiger charge is 2.27. The van der Waals surface area contributed by atoms with E-state index in [2.05, 4.69) is 15.9 Å². The van der Waals surface area contributed by atoms with E-state index in [4.69, 9.17) is 0 Å². The van der Waals surface area contributed by atoms with Crippen molar-refractivity contribution in [2.24, 2.45) is 0 Å². The number of benzene rings is 2. The van der Waals surface area contributed by atoms with Crippen molar-refractivity contribution in [2.75, 3.05) is 0 Å². The lowest BCUT2D eigenvalue weighted by atomic mass is 9.99. The van der Waals surface area contributed by atoms with Crippen LogP contribution in [0.1, 0.15) is 0 Å². The van der Waals surface area contributed by atoms with Gasteiger partial charge in [0.25, 0.3) is 0 Å². The minimum Gasteiger partial charge on any atom is -0.507 e. The van der Waals surface area contributed by atoms with Gasteiger partial charge < -0.3 is 35.7 Å². The van der Waals surface area contributed by atoms with Crippen LogP contribution >= 0.6 is 15.9 Å². The molecule has 7 N–H and O–H groups in total. The molecule has 0 aromatic heterocycles. The Bertz CT molecular complexity index is 683. The van der Waals surface area contributed by atoms with Crippen LogP contribution in [0.2, 0.25) is 0 Å². The lowest BCUT2D eigenvalue weighted by Gasteiger charge is -2.15. The summed E-state index contributed by atoms with van der Waals surface area (Å²) < 4.78 is -0.365. The summed E-state index contributed by atoms with van der Waals surface area (Å²) in [4.78, 5) is 0. The maximum Gasteiger partial charge on any atom is 0.176 e. The summed E-state index contributed by atoms with van der Waals surface area (Å²) in [7, 11) is 0. The smallest absolute Gasteiger partial charge is 0.176 e. The SMILES string of the molecule is Oc1ccc(O)c(-c2c(O)c(O)c(Br)c(O)c2O)c1O. The summed E-state index contributed by atoms with van der Waals surface area (Å²) in [6.07, 6.45) is 0. The number of phenolic OH excluding ortho intramolecular Hbond substituents is 7. The monoisotopic (exact) mass is 344 g/mol. The van der Waals surface area contributed by atoms with Gasteiger partial charge in [0, 0.05) is 0 Å². The highest BCUT2D eigenvalue weighted by Crippen LogP contribution is 2.57. The lowest BCUT2D eigenvalue weighted by molar-refractivity contribution is 0.369. The Morgan fingerprint density at radius 3 is 1.50 bits per heavy atom. The molecule has 0 saturated carbocycles. The van der Waals surface area contributed by atoms with Crippen molar-refractivity contribution in [2.45, 2.75) is 0 Å². The van der Waals surface area contributed by atoms with Crippen molar-refractivity contribution in [3.8, 4) is 51.4 Å². The molecule has 0 unspecified atom stereocenters. The van der Waals surface area contributed by atoms with Gasteiger partial charge in [0.15, 0.2) is 34.5 Å². The first kappa shape index (κ1) is 13.9. The summed E-state index contributed by atoms with van der Waals surface area (Å²) in [5, 5.41) is 67.7. The molecule has 106 valence electrons. The van der Waals surface area contributed by atoms with Crippen molar-refractivity contribution >= 4 is 15.9 Å². The first-order valence-electron chi connectivity index (χ1n) is 5.16. The highest BCUT2D eigenvalue weighted by atomic mass is 79.9. The molecule has 0 radical (unpaired) electrons. The molecule has 7 nitrogen and oxygen atoms in total. The van der Waals surface area contributed by atoms with E-state index in [0.29, 0.717) is 0 Å². The standard InChI is InChI=1S/C12H9BrO7/c13-7-11(19)9(17)6(10(18)12(7)20)5-3(14)1-2-4(15)8(5)16/h1-2,14-20H. The molecule has 2 aromatic carbocycles. The second-order valence-corrected chi connectivity index (χ2v) is 4.70.